The average molecular weight is 299 g/mol. The molecule has 1 aliphatic heterocycles. The van der Waals surface area contributed by atoms with Crippen LogP contribution in [0.3, 0.4) is 0 Å². The molecule has 2 aromatic rings. The smallest absolute Gasteiger partial charge is 0.427 e. The van der Waals surface area contributed by atoms with Crippen LogP contribution in [0.4, 0.5) is 5.82 Å². The van der Waals surface area contributed by atoms with E-state index in [0.717, 1.165) is 36.2 Å². The number of aromatic nitrogens is 2. The van der Waals surface area contributed by atoms with E-state index in [-0.39, 0.29) is 5.41 Å². The molecule has 1 aromatic carbocycles. The molecule has 0 radical (unpaired) electrons. The van der Waals surface area contributed by atoms with E-state index in [1.165, 1.54) is 11.1 Å². The molecule has 1 saturated heterocycles. The summed E-state index contributed by atoms with van der Waals surface area (Å²) in [7, 11) is -1.21. The van der Waals surface area contributed by atoms with Crippen molar-refractivity contribution in [1.82, 2.24) is 9.97 Å². The summed E-state index contributed by atoms with van der Waals surface area (Å²) in [4.78, 5) is 11.1. The molecule has 0 saturated carbocycles. The molecule has 2 N–H and O–H groups in total. The van der Waals surface area contributed by atoms with Crippen molar-refractivity contribution >= 4 is 23.8 Å². The number of hydrogen-bond acceptors (Lipinski definition) is 5. The van der Waals surface area contributed by atoms with Crippen LogP contribution < -0.4 is 4.90 Å². The van der Waals surface area contributed by atoms with Gasteiger partial charge < -0.3 is 14.9 Å². The molecule has 6 heteroatoms. The van der Waals surface area contributed by atoms with Gasteiger partial charge in [-0.05, 0) is 49.8 Å². The lowest BCUT2D eigenvalue weighted by Gasteiger charge is -2.49. The lowest BCUT2D eigenvalue weighted by molar-refractivity contribution is 0.226. The Bertz CT molecular complexity index is 699. The SMILES string of the molecule is Cc1cc2ncnc(N3CC(C)(CCB(O)O)C3)c2cc1C. The highest BCUT2D eigenvalue weighted by atomic mass is 16.4. The molecule has 1 fully saturated rings. The van der Waals surface area contributed by atoms with Crippen LogP contribution in [0.5, 0.6) is 0 Å². The maximum atomic E-state index is 9.04. The van der Waals surface area contributed by atoms with E-state index in [2.05, 4.69) is 47.8 Å². The van der Waals surface area contributed by atoms with Crippen LogP contribution in [0, 0.1) is 19.3 Å². The average Bonchev–Trinajstić information content (AvgIpc) is 2.43. The highest BCUT2D eigenvalue weighted by Crippen LogP contribution is 2.39. The number of aryl methyl sites for hydroxylation is 2. The van der Waals surface area contributed by atoms with E-state index >= 15 is 0 Å². The second-order valence-electron chi connectivity index (χ2n) is 6.84. The molecule has 116 valence electrons. The van der Waals surface area contributed by atoms with Gasteiger partial charge in [-0.2, -0.15) is 0 Å². The highest BCUT2D eigenvalue weighted by Gasteiger charge is 2.40. The fourth-order valence-corrected chi connectivity index (χ4v) is 3.21. The second kappa shape index (κ2) is 5.52. The number of benzene rings is 1. The molecule has 5 nitrogen and oxygen atoms in total. The topological polar surface area (TPSA) is 69.5 Å². The van der Waals surface area contributed by atoms with Gasteiger partial charge in [0.2, 0.25) is 0 Å². The summed E-state index contributed by atoms with van der Waals surface area (Å²) in [6.45, 7) is 8.16. The van der Waals surface area contributed by atoms with E-state index in [4.69, 9.17) is 10.0 Å². The Hall–Kier alpha value is -1.66. The molecule has 1 aliphatic rings. The van der Waals surface area contributed by atoms with Gasteiger partial charge in [0.1, 0.15) is 12.1 Å². The van der Waals surface area contributed by atoms with Gasteiger partial charge in [-0.1, -0.05) is 6.92 Å². The van der Waals surface area contributed by atoms with E-state index in [9.17, 15) is 0 Å². The van der Waals surface area contributed by atoms with Crippen LogP contribution in [0.1, 0.15) is 24.5 Å². The van der Waals surface area contributed by atoms with Gasteiger partial charge >= 0.3 is 7.12 Å². The summed E-state index contributed by atoms with van der Waals surface area (Å²) in [6.07, 6.45) is 2.86. The van der Waals surface area contributed by atoms with Gasteiger partial charge in [0.15, 0.2) is 0 Å². The van der Waals surface area contributed by atoms with Gasteiger partial charge in [-0.25, -0.2) is 9.97 Å². The van der Waals surface area contributed by atoms with Crippen molar-refractivity contribution in [1.29, 1.82) is 0 Å². The van der Waals surface area contributed by atoms with E-state index in [0.29, 0.717) is 6.32 Å². The molecule has 2 heterocycles. The summed E-state index contributed by atoms with van der Waals surface area (Å²) < 4.78 is 0. The van der Waals surface area contributed by atoms with Crippen molar-refractivity contribution in [2.45, 2.75) is 33.5 Å². The molecule has 0 atom stereocenters. The Balaban J connectivity index is 1.82. The van der Waals surface area contributed by atoms with Crippen LogP contribution in [0.15, 0.2) is 18.5 Å². The van der Waals surface area contributed by atoms with E-state index in [1.54, 1.807) is 6.33 Å². The molecule has 0 unspecified atom stereocenters. The fraction of sp³-hybridized carbons (Fsp3) is 0.500. The van der Waals surface area contributed by atoms with Crippen molar-refractivity contribution in [2.75, 3.05) is 18.0 Å². The summed E-state index contributed by atoms with van der Waals surface area (Å²) in [6, 6.07) is 4.27. The van der Waals surface area contributed by atoms with E-state index < -0.39 is 7.12 Å². The van der Waals surface area contributed by atoms with Crippen molar-refractivity contribution in [3.8, 4) is 0 Å². The summed E-state index contributed by atoms with van der Waals surface area (Å²) in [5.41, 5.74) is 3.59. The first-order valence-electron chi connectivity index (χ1n) is 7.71. The number of hydrogen-bond donors (Lipinski definition) is 2. The lowest BCUT2D eigenvalue weighted by atomic mass is 9.71. The number of rotatable bonds is 4. The van der Waals surface area contributed by atoms with Gasteiger partial charge in [0, 0.05) is 23.9 Å². The molecule has 3 rings (SSSR count). The maximum absolute atomic E-state index is 9.04. The minimum atomic E-state index is -1.21. The van der Waals surface area contributed by atoms with Crippen LogP contribution in [0.25, 0.3) is 10.9 Å². The predicted octanol–water partition coefficient (Wildman–Crippen LogP) is 1.94. The quantitative estimate of drug-likeness (QED) is 0.844. The van der Waals surface area contributed by atoms with Crippen molar-refractivity contribution in [3.63, 3.8) is 0 Å². The van der Waals surface area contributed by atoms with Crippen LogP contribution in [0.2, 0.25) is 6.32 Å². The van der Waals surface area contributed by atoms with Crippen LogP contribution >= 0.6 is 0 Å². The van der Waals surface area contributed by atoms with Crippen molar-refractivity contribution in [2.24, 2.45) is 5.41 Å². The Morgan fingerprint density at radius 3 is 2.55 bits per heavy atom. The zero-order valence-electron chi connectivity index (χ0n) is 13.4. The minimum absolute atomic E-state index is 0.126. The first-order valence-corrected chi connectivity index (χ1v) is 7.71. The van der Waals surface area contributed by atoms with Crippen molar-refractivity contribution < 1.29 is 10.0 Å². The van der Waals surface area contributed by atoms with Crippen LogP contribution in [-0.2, 0) is 0 Å². The second-order valence-corrected chi connectivity index (χ2v) is 6.84. The van der Waals surface area contributed by atoms with Gasteiger partial charge in [-0.3, -0.25) is 0 Å². The van der Waals surface area contributed by atoms with Crippen molar-refractivity contribution in [3.05, 3.63) is 29.6 Å². The molecule has 1 aromatic heterocycles. The Morgan fingerprint density at radius 1 is 1.18 bits per heavy atom. The predicted molar refractivity (Wildman–Crippen MR) is 88.9 cm³/mol. The molecule has 0 aliphatic carbocycles. The van der Waals surface area contributed by atoms with E-state index in [1.807, 2.05) is 0 Å². The molecule has 0 bridgehead atoms. The molecule has 0 spiro atoms. The number of anilines is 1. The van der Waals surface area contributed by atoms with Gasteiger partial charge in [-0.15, -0.1) is 0 Å². The highest BCUT2D eigenvalue weighted by molar-refractivity contribution is 6.40. The summed E-state index contributed by atoms with van der Waals surface area (Å²) in [5.74, 6) is 0.982. The Kier molecular flexibility index (Phi) is 3.83. The Morgan fingerprint density at radius 2 is 1.86 bits per heavy atom. The number of nitrogens with zero attached hydrogens (tertiary/aromatic N) is 3. The zero-order chi connectivity index (χ0) is 15.9. The Labute approximate surface area is 131 Å². The number of fused-ring (bicyclic) bond motifs is 1. The molecular weight excluding hydrogens is 277 g/mol. The normalized spacial score (nSPS) is 16.7. The largest absolute Gasteiger partial charge is 0.451 e. The molecule has 22 heavy (non-hydrogen) atoms. The minimum Gasteiger partial charge on any atom is -0.427 e. The first-order chi connectivity index (χ1) is 10.4. The summed E-state index contributed by atoms with van der Waals surface area (Å²) >= 11 is 0. The summed E-state index contributed by atoms with van der Waals surface area (Å²) in [5, 5.41) is 19.2. The third-order valence-electron chi connectivity index (χ3n) is 4.68. The van der Waals surface area contributed by atoms with Gasteiger partial charge in [0.25, 0.3) is 0 Å². The zero-order valence-corrected chi connectivity index (χ0v) is 13.4. The fourth-order valence-electron chi connectivity index (χ4n) is 3.21. The molecular formula is C16H22BN3O2. The third kappa shape index (κ3) is 2.81. The lowest BCUT2D eigenvalue weighted by Crippen LogP contribution is -2.55. The standard InChI is InChI=1S/C16H22BN3O2/c1-11-6-13-14(7-12(11)2)18-10-19-15(13)20-8-16(3,9-20)4-5-17(21)22/h6-7,10,21-22H,4-5,8-9H2,1-3H3. The van der Waals surface area contributed by atoms with Crippen LogP contribution in [-0.4, -0.2) is 40.2 Å². The maximum Gasteiger partial charge on any atom is 0.451 e. The first kappa shape index (κ1) is 15.2. The monoisotopic (exact) mass is 299 g/mol. The third-order valence-corrected chi connectivity index (χ3v) is 4.68. The molecule has 0 amide bonds. The van der Waals surface area contributed by atoms with Gasteiger partial charge in [0.05, 0.1) is 5.52 Å².